The quantitative estimate of drug-likeness (QED) is 0.0146. The van der Waals surface area contributed by atoms with Crippen LogP contribution in [-0.2, 0) is 55.8 Å². The molecule has 5 unspecified atom stereocenters. The van der Waals surface area contributed by atoms with Crippen molar-refractivity contribution < 1.29 is 75.8 Å². The maximum atomic E-state index is 12.8. The number of hydrogen-bond acceptors (Lipinski definition) is 14. The number of aliphatic hydroxyl groups excluding tert-OH is 2. The Morgan fingerprint density at radius 2 is 0.588 bits per heavy atom. The molecule has 0 aliphatic rings. The monoisotopic (exact) mass is 1250 g/mol. The maximum absolute atomic E-state index is 12.8. The molecule has 0 aliphatic carbocycles. The van der Waals surface area contributed by atoms with E-state index in [2.05, 4.69) is 69.4 Å². The Bertz CT molecular complexity index is 1760. The number of rotatable bonds is 65. The normalized spacial score (nSPS) is 14.6. The minimum absolute atomic E-state index is 0.112. The minimum atomic E-state index is -4.91. The number of aliphatic hydroxyl groups is 2. The smallest absolute Gasteiger partial charge is 0.463 e. The van der Waals surface area contributed by atoms with Gasteiger partial charge in [-0.3, -0.25) is 32.5 Å². The lowest BCUT2D eigenvalue weighted by molar-refractivity contribution is -0.161. The number of allylic oxidation sites excluding steroid dienone is 8. The Balaban J connectivity index is 4.45. The molecule has 0 fully saturated rings. The molecule has 4 N–H and O–H groups in total. The van der Waals surface area contributed by atoms with Crippen molar-refractivity contribution in [3.63, 3.8) is 0 Å². The summed E-state index contributed by atoms with van der Waals surface area (Å²) in [6.45, 7) is 2.66. The number of ether oxygens (including phenoxy) is 3. The van der Waals surface area contributed by atoms with Gasteiger partial charge in [0.1, 0.15) is 25.4 Å². The lowest BCUT2D eigenvalue weighted by Gasteiger charge is -2.21. The first-order valence-electron chi connectivity index (χ1n) is 33.9. The summed E-state index contributed by atoms with van der Waals surface area (Å²) >= 11 is 0. The minimum Gasteiger partial charge on any atom is -0.463 e. The second-order valence-corrected chi connectivity index (χ2v) is 25.9. The van der Waals surface area contributed by atoms with Crippen LogP contribution in [0.1, 0.15) is 303 Å². The van der Waals surface area contributed by atoms with Gasteiger partial charge in [-0.25, -0.2) is 9.13 Å². The standard InChI is InChI=1S/C67H124O16P2/c1-4-7-10-13-16-19-22-24-25-26-27-28-29-30-31-32-33-34-35-37-40-41-44-47-50-53-65(70)77-56-62(68)57-79-84(73,74)80-58-63(69)59-81-85(75,76)82-61-64(83-67(72)55-52-49-46-43-38-21-18-15-12-9-6-3)60-78-66(71)54-51-48-45-42-39-36-23-20-17-14-11-8-5-2/h16,19,24-25,27-28,30-31,62-64,68-69H,4-15,17-18,20-23,26,29,32-61H2,1-3H3,(H,73,74)(H,75,76)/b19-16-,25-24-,28-27-,31-30-. The summed E-state index contributed by atoms with van der Waals surface area (Å²) in [5, 5.41) is 20.5. The highest BCUT2D eigenvalue weighted by Gasteiger charge is 2.29. The molecule has 498 valence electrons. The van der Waals surface area contributed by atoms with Crippen LogP contribution in [0.15, 0.2) is 48.6 Å². The van der Waals surface area contributed by atoms with Crippen LogP contribution in [0.4, 0.5) is 0 Å². The lowest BCUT2D eigenvalue weighted by Crippen LogP contribution is -2.30. The van der Waals surface area contributed by atoms with Crippen molar-refractivity contribution in [2.75, 3.05) is 39.6 Å². The molecule has 16 nitrogen and oxygen atoms in total. The number of phosphoric ester groups is 2. The number of phosphoric acid groups is 2. The molecule has 0 spiro atoms. The van der Waals surface area contributed by atoms with Gasteiger partial charge in [0.25, 0.3) is 0 Å². The van der Waals surface area contributed by atoms with E-state index in [1.807, 2.05) is 0 Å². The van der Waals surface area contributed by atoms with Gasteiger partial charge in [0.15, 0.2) is 6.10 Å². The fraction of sp³-hybridized carbons (Fsp3) is 0.836. The van der Waals surface area contributed by atoms with Crippen molar-refractivity contribution in [2.24, 2.45) is 0 Å². The van der Waals surface area contributed by atoms with Crippen LogP contribution in [0, 0.1) is 0 Å². The van der Waals surface area contributed by atoms with E-state index < -0.39 is 91.5 Å². The predicted molar refractivity (Wildman–Crippen MR) is 344 cm³/mol. The van der Waals surface area contributed by atoms with E-state index in [-0.39, 0.29) is 19.3 Å². The summed E-state index contributed by atoms with van der Waals surface area (Å²) in [6.07, 6.45) is 60.3. The summed E-state index contributed by atoms with van der Waals surface area (Å²) in [5.74, 6) is -1.56. The highest BCUT2D eigenvalue weighted by atomic mass is 31.2. The van der Waals surface area contributed by atoms with Gasteiger partial charge in [-0.15, -0.1) is 0 Å². The highest BCUT2D eigenvalue weighted by Crippen LogP contribution is 2.45. The van der Waals surface area contributed by atoms with Gasteiger partial charge in [0.2, 0.25) is 0 Å². The average molecular weight is 1250 g/mol. The zero-order valence-corrected chi connectivity index (χ0v) is 55.6. The summed E-state index contributed by atoms with van der Waals surface area (Å²) < 4.78 is 60.7. The molecule has 0 amide bonds. The first kappa shape index (κ1) is 82.5. The summed E-state index contributed by atoms with van der Waals surface area (Å²) in [4.78, 5) is 58.2. The van der Waals surface area contributed by atoms with Gasteiger partial charge in [-0.05, 0) is 64.2 Å². The third-order valence-corrected chi connectivity index (χ3v) is 16.5. The summed E-state index contributed by atoms with van der Waals surface area (Å²) in [5.41, 5.74) is 0. The van der Waals surface area contributed by atoms with E-state index in [0.29, 0.717) is 19.3 Å². The van der Waals surface area contributed by atoms with Gasteiger partial charge in [0.05, 0.1) is 26.4 Å². The van der Waals surface area contributed by atoms with E-state index in [9.17, 15) is 43.5 Å². The van der Waals surface area contributed by atoms with Crippen molar-refractivity contribution >= 4 is 33.6 Å². The van der Waals surface area contributed by atoms with Crippen LogP contribution in [0.2, 0.25) is 0 Å². The molecule has 0 aromatic rings. The molecule has 0 bridgehead atoms. The molecule has 0 heterocycles. The largest absolute Gasteiger partial charge is 0.472 e. The van der Waals surface area contributed by atoms with Crippen LogP contribution >= 0.6 is 15.6 Å². The number of carbonyl (C=O) groups is 3. The van der Waals surface area contributed by atoms with Gasteiger partial charge >= 0.3 is 33.6 Å². The molecule has 0 aliphatic heterocycles. The van der Waals surface area contributed by atoms with Gasteiger partial charge < -0.3 is 34.2 Å². The number of carbonyl (C=O) groups excluding carboxylic acids is 3. The van der Waals surface area contributed by atoms with E-state index in [4.69, 9.17) is 32.3 Å². The Kier molecular flexibility index (Phi) is 59.9. The molecular weight excluding hydrogens is 1120 g/mol. The Hall–Kier alpha value is -2.49. The van der Waals surface area contributed by atoms with Crippen LogP contribution in [-0.4, -0.2) is 95.9 Å². The average Bonchev–Trinajstić information content (AvgIpc) is 3.60. The number of hydrogen-bond donors (Lipinski definition) is 4. The van der Waals surface area contributed by atoms with E-state index in [1.165, 1.54) is 148 Å². The SMILES string of the molecule is CCCCC/C=C\C/C=C\C/C=C\C/C=C\CCCCCCCCCCCC(=O)OCC(O)COP(=O)(O)OCC(O)COP(=O)(O)OCC(COC(=O)CCCCCCCCCCCCCCC)OC(=O)CCCCCCCCCCCCC. The van der Waals surface area contributed by atoms with E-state index in [0.717, 1.165) is 96.3 Å². The zero-order chi connectivity index (χ0) is 62.4. The highest BCUT2D eigenvalue weighted by molar-refractivity contribution is 7.47. The number of esters is 3. The molecule has 0 rings (SSSR count). The Morgan fingerprint density at radius 3 is 0.953 bits per heavy atom. The van der Waals surface area contributed by atoms with E-state index >= 15 is 0 Å². The molecule has 0 saturated heterocycles. The van der Waals surface area contributed by atoms with Crippen molar-refractivity contribution in [3.05, 3.63) is 48.6 Å². The summed E-state index contributed by atoms with van der Waals surface area (Å²) in [7, 11) is -9.75. The molecule has 18 heteroatoms. The van der Waals surface area contributed by atoms with Crippen LogP contribution in [0.3, 0.4) is 0 Å². The number of unbranched alkanes of at least 4 members (excludes halogenated alkanes) is 34. The first-order valence-corrected chi connectivity index (χ1v) is 36.9. The molecule has 85 heavy (non-hydrogen) atoms. The Morgan fingerprint density at radius 1 is 0.329 bits per heavy atom. The second kappa shape index (κ2) is 61.7. The predicted octanol–water partition coefficient (Wildman–Crippen LogP) is 18.4. The molecule has 0 aromatic heterocycles. The molecular formula is C67H124O16P2. The maximum Gasteiger partial charge on any atom is 0.472 e. The third kappa shape index (κ3) is 62.9. The molecule has 0 radical (unpaired) electrons. The van der Waals surface area contributed by atoms with Crippen LogP contribution in [0.5, 0.6) is 0 Å². The zero-order valence-electron chi connectivity index (χ0n) is 53.8. The molecule has 0 aromatic carbocycles. The topological polar surface area (TPSA) is 231 Å². The summed E-state index contributed by atoms with van der Waals surface area (Å²) in [6, 6.07) is 0. The van der Waals surface area contributed by atoms with Crippen molar-refractivity contribution in [2.45, 2.75) is 322 Å². The van der Waals surface area contributed by atoms with E-state index in [1.54, 1.807) is 0 Å². The van der Waals surface area contributed by atoms with Crippen molar-refractivity contribution in [1.82, 2.24) is 0 Å². The fourth-order valence-corrected chi connectivity index (χ4v) is 10.9. The first-order chi connectivity index (χ1) is 41.2. The van der Waals surface area contributed by atoms with Crippen LogP contribution in [0.25, 0.3) is 0 Å². The Labute approximate surface area is 517 Å². The van der Waals surface area contributed by atoms with Gasteiger partial charge in [-0.1, -0.05) is 268 Å². The van der Waals surface area contributed by atoms with Gasteiger partial charge in [0, 0.05) is 19.3 Å². The van der Waals surface area contributed by atoms with Crippen LogP contribution < -0.4 is 0 Å². The fourth-order valence-electron chi connectivity index (χ4n) is 9.32. The lowest BCUT2D eigenvalue weighted by atomic mass is 10.0. The molecule has 5 atom stereocenters. The van der Waals surface area contributed by atoms with Gasteiger partial charge in [-0.2, -0.15) is 0 Å². The molecule has 0 saturated carbocycles. The third-order valence-electron chi connectivity index (χ3n) is 14.6. The van der Waals surface area contributed by atoms with Crippen molar-refractivity contribution in [1.29, 1.82) is 0 Å². The van der Waals surface area contributed by atoms with Crippen molar-refractivity contribution in [3.8, 4) is 0 Å². The second-order valence-electron chi connectivity index (χ2n) is 23.0.